The molecule has 2 aromatic rings. The van der Waals surface area contributed by atoms with E-state index in [9.17, 15) is 14.0 Å². The Balaban J connectivity index is 1.73. The predicted octanol–water partition coefficient (Wildman–Crippen LogP) is 5.19. The van der Waals surface area contributed by atoms with Crippen molar-refractivity contribution in [3.05, 3.63) is 65.0 Å². The number of esters is 1. The van der Waals surface area contributed by atoms with Gasteiger partial charge in [-0.15, -0.1) is 0 Å². The van der Waals surface area contributed by atoms with Crippen molar-refractivity contribution in [1.29, 1.82) is 0 Å². The Hall–Kier alpha value is -2.89. The molecule has 1 N–H and O–H groups in total. The molecule has 1 saturated heterocycles. The molecular weight excluding hydrogens is 407 g/mol. The number of ether oxygens (including phenoxy) is 1. The molecule has 0 radical (unpaired) electrons. The SMILES string of the molecule is CCCC(NC(=O)Cc1ccc(C(=O)OCC)cc1)c1cc(F)ccc1N1CCCCC1. The highest BCUT2D eigenvalue weighted by molar-refractivity contribution is 5.89. The van der Waals surface area contributed by atoms with Gasteiger partial charge in [-0.25, -0.2) is 9.18 Å². The van der Waals surface area contributed by atoms with Crippen LogP contribution in [0.25, 0.3) is 0 Å². The van der Waals surface area contributed by atoms with E-state index in [1.165, 1.54) is 12.5 Å². The van der Waals surface area contributed by atoms with Gasteiger partial charge in [-0.05, 0) is 68.5 Å². The zero-order valence-corrected chi connectivity index (χ0v) is 19.0. The molecule has 172 valence electrons. The van der Waals surface area contributed by atoms with Gasteiger partial charge in [0.25, 0.3) is 0 Å². The van der Waals surface area contributed by atoms with Crippen molar-refractivity contribution in [1.82, 2.24) is 5.32 Å². The average Bonchev–Trinajstić information content (AvgIpc) is 2.80. The van der Waals surface area contributed by atoms with E-state index in [1.54, 1.807) is 37.3 Å². The Bertz CT molecular complexity index is 908. The van der Waals surface area contributed by atoms with Gasteiger partial charge in [-0.3, -0.25) is 4.79 Å². The molecule has 32 heavy (non-hydrogen) atoms. The largest absolute Gasteiger partial charge is 0.462 e. The van der Waals surface area contributed by atoms with E-state index in [4.69, 9.17) is 4.74 Å². The number of hydrogen-bond acceptors (Lipinski definition) is 4. The molecule has 1 fully saturated rings. The smallest absolute Gasteiger partial charge is 0.338 e. The van der Waals surface area contributed by atoms with Crippen molar-refractivity contribution in [2.24, 2.45) is 0 Å². The van der Waals surface area contributed by atoms with Crippen LogP contribution in [0, 0.1) is 5.82 Å². The zero-order valence-electron chi connectivity index (χ0n) is 19.0. The third kappa shape index (κ3) is 6.31. The Labute approximate surface area is 190 Å². The number of carbonyl (C=O) groups excluding carboxylic acids is 2. The van der Waals surface area contributed by atoms with E-state index in [1.807, 2.05) is 6.07 Å². The van der Waals surface area contributed by atoms with E-state index in [-0.39, 0.29) is 30.2 Å². The molecule has 1 aliphatic heterocycles. The molecule has 1 amide bonds. The van der Waals surface area contributed by atoms with Crippen molar-refractivity contribution in [2.45, 2.75) is 58.4 Å². The van der Waals surface area contributed by atoms with E-state index < -0.39 is 0 Å². The zero-order chi connectivity index (χ0) is 22.9. The predicted molar refractivity (Wildman–Crippen MR) is 124 cm³/mol. The lowest BCUT2D eigenvalue weighted by Gasteiger charge is -2.33. The fraction of sp³-hybridized carbons (Fsp3) is 0.462. The normalized spacial score (nSPS) is 14.7. The molecule has 0 aliphatic carbocycles. The summed E-state index contributed by atoms with van der Waals surface area (Å²) in [7, 11) is 0. The fourth-order valence-corrected chi connectivity index (χ4v) is 4.23. The molecule has 1 unspecified atom stereocenters. The van der Waals surface area contributed by atoms with Crippen LogP contribution in [0.5, 0.6) is 0 Å². The topological polar surface area (TPSA) is 58.6 Å². The van der Waals surface area contributed by atoms with Crippen LogP contribution in [-0.4, -0.2) is 31.6 Å². The first-order chi connectivity index (χ1) is 15.5. The van der Waals surface area contributed by atoms with Gasteiger partial charge in [0.05, 0.1) is 24.6 Å². The lowest BCUT2D eigenvalue weighted by Crippen LogP contribution is -2.34. The van der Waals surface area contributed by atoms with Gasteiger partial charge in [-0.1, -0.05) is 25.5 Å². The number of halogens is 1. The van der Waals surface area contributed by atoms with Gasteiger partial charge in [0, 0.05) is 24.3 Å². The van der Waals surface area contributed by atoms with E-state index in [2.05, 4.69) is 17.1 Å². The molecule has 0 aromatic heterocycles. The maximum atomic E-state index is 14.2. The number of amides is 1. The van der Waals surface area contributed by atoms with E-state index in [0.29, 0.717) is 12.2 Å². The van der Waals surface area contributed by atoms with Crippen molar-refractivity contribution < 1.29 is 18.7 Å². The van der Waals surface area contributed by atoms with Crippen LogP contribution < -0.4 is 10.2 Å². The summed E-state index contributed by atoms with van der Waals surface area (Å²) in [6.07, 6.45) is 5.27. The number of carbonyl (C=O) groups is 2. The van der Waals surface area contributed by atoms with Crippen LogP contribution in [0.4, 0.5) is 10.1 Å². The Morgan fingerprint density at radius 3 is 2.44 bits per heavy atom. The molecule has 0 spiro atoms. The third-order valence-electron chi connectivity index (χ3n) is 5.80. The molecule has 6 heteroatoms. The van der Waals surface area contributed by atoms with Crippen LogP contribution in [-0.2, 0) is 16.0 Å². The minimum atomic E-state index is -0.372. The van der Waals surface area contributed by atoms with Crippen molar-refractivity contribution in [2.75, 3.05) is 24.6 Å². The standard InChI is InChI=1S/C26H33FN2O3/c1-3-8-23(22-18-21(27)13-14-24(22)29-15-6-5-7-16-29)28-25(30)17-19-9-11-20(12-10-19)26(31)32-4-2/h9-14,18,23H,3-8,15-17H2,1-2H3,(H,28,30). The maximum absolute atomic E-state index is 14.2. The number of rotatable bonds is 9. The Kier molecular flexibility index (Phi) is 8.65. The second-order valence-corrected chi connectivity index (χ2v) is 8.25. The summed E-state index contributed by atoms with van der Waals surface area (Å²) in [6, 6.07) is 11.5. The number of nitrogens with one attached hydrogen (secondary N) is 1. The first-order valence-electron chi connectivity index (χ1n) is 11.6. The highest BCUT2D eigenvalue weighted by Gasteiger charge is 2.22. The number of nitrogens with zero attached hydrogens (tertiary/aromatic N) is 1. The van der Waals surface area contributed by atoms with Crippen molar-refractivity contribution >= 4 is 17.6 Å². The summed E-state index contributed by atoms with van der Waals surface area (Å²) < 4.78 is 19.2. The van der Waals surface area contributed by atoms with Crippen LogP contribution in [0.15, 0.2) is 42.5 Å². The minimum Gasteiger partial charge on any atom is -0.462 e. The molecule has 0 saturated carbocycles. The van der Waals surface area contributed by atoms with Crippen LogP contribution in [0.1, 0.15) is 73.5 Å². The summed E-state index contributed by atoms with van der Waals surface area (Å²) in [5, 5.41) is 3.12. The average molecular weight is 441 g/mol. The highest BCUT2D eigenvalue weighted by atomic mass is 19.1. The molecule has 0 bridgehead atoms. The lowest BCUT2D eigenvalue weighted by molar-refractivity contribution is -0.121. The lowest BCUT2D eigenvalue weighted by atomic mass is 9.97. The van der Waals surface area contributed by atoms with E-state index in [0.717, 1.165) is 55.6 Å². The number of benzene rings is 2. The van der Waals surface area contributed by atoms with Gasteiger partial charge in [0.1, 0.15) is 5.82 Å². The first-order valence-corrected chi connectivity index (χ1v) is 11.6. The third-order valence-corrected chi connectivity index (χ3v) is 5.80. The molecule has 3 rings (SSSR count). The van der Waals surface area contributed by atoms with Gasteiger partial charge >= 0.3 is 5.97 Å². The first kappa shape index (κ1) is 23.8. The monoisotopic (exact) mass is 440 g/mol. The molecular formula is C26H33FN2O3. The van der Waals surface area contributed by atoms with Crippen LogP contribution in [0.2, 0.25) is 0 Å². The van der Waals surface area contributed by atoms with Gasteiger partial charge in [0.2, 0.25) is 5.91 Å². The van der Waals surface area contributed by atoms with Crippen LogP contribution in [0.3, 0.4) is 0 Å². The quantitative estimate of drug-likeness (QED) is 0.545. The summed E-state index contributed by atoms with van der Waals surface area (Å²) in [5.41, 5.74) is 3.13. The van der Waals surface area contributed by atoms with Crippen LogP contribution >= 0.6 is 0 Å². The molecule has 1 atom stereocenters. The second-order valence-electron chi connectivity index (χ2n) is 8.25. The van der Waals surface area contributed by atoms with E-state index >= 15 is 0 Å². The minimum absolute atomic E-state index is 0.124. The maximum Gasteiger partial charge on any atom is 0.338 e. The van der Waals surface area contributed by atoms with Crippen molar-refractivity contribution in [3.63, 3.8) is 0 Å². The molecule has 1 heterocycles. The van der Waals surface area contributed by atoms with Gasteiger partial charge in [0.15, 0.2) is 0 Å². The second kappa shape index (κ2) is 11.7. The summed E-state index contributed by atoms with van der Waals surface area (Å²) in [5.74, 6) is -0.783. The van der Waals surface area contributed by atoms with Crippen molar-refractivity contribution in [3.8, 4) is 0 Å². The van der Waals surface area contributed by atoms with Gasteiger partial charge in [-0.2, -0.15) is 0 Å². The summed E-state index contributed by atoms with van der Waals surface area (Å²) in [6.45, 7) is 6.06. The number of piperidine rings is 1. The molecule has 2 aromatic carbocycles. The number of anilines is 1. The summed E-state index contributed by atoms with van der Waals surface area (Å²) >= 11 is 0. The van der Waals surface area contributed by atoms with Gasteiger partial charge < -0.3 is 15.0 Å². The molecule has 5 nitrogen and oxygen atoms in total. The number of hydrogen-bond donors (Lipinski definition) is 1. The molecule has 1 aliphatic rings. The Morgan fingerprint density at radius 1 is 1.06 bits per heavy atom. The fourth-order valence-electron chi connectivity index (χ4n) is 4.23. The Morgan fingerprint density at radius 2 is 1.78 bits per heavy atom. The highest BCUT2D eigenvalue weighted by Crippen LogP contribution is 2.32. The summed E-state index contributed by atoms with van der Waals surface area (Å²) in [4.78, 5) is 27.0.